The second-order valence-corrected chi connectivity index (χ2v) is 4.91. The minimum Gasteiger partial charge on any atom is -0.491 e. The zero-order valence-corrected chi connectivity index (χ0v) is 10.7. The molecule has 0 fully saturated rings. The van der Waals surface area contributed by atoms with E-state index in [0.717, 1.165) is 12.2 Å². The summed E-state index contributed by atoms with van der Waals surface area (Å²) in [5.74, 6) is 0.820. The van der Waals surface area contributed by atoms with Gasteiger partial charge in [-0.3, -0.25) is 0 Å². The summed E-state index contributed by atoms with van der Waals surface area (Å²) in [6, 6.07) is 16.2. The molecule has 1 aliphatic heterocycles. The van der Waals surface area contributed by atoms with Crippen LogP contribution >= 0.6 is 11.6 Å². The van der Waals surface area contributed by atoms with Crippen LogP contribution in [0.3, 0.4) is 0 Å². The molecule has 2 nitrogen and oxygen atoms in total. The summed E-state index contributed by atoms with van der Waals surface area (Å²) in [7, 11) is 0. The van der Waals surface area contributed by atoms with Crippen LogP contribution < -0.4 is 10.1 Å². The number of hydrogen-bond donors (Lipinski definition) is 1. The lowest BCUT2D eigenvalue weighted by Gasteiger charge is -2.13. The normalized spacial score (nSPS) is 17.1. The van der Waals surface area contributed by atoms with Crippen LogP contribution in [0.15, 0.2) is 48.5 Å². The molecule has 1 unspecified atom stereocenters. The smallest absolute Gasteiger partial charge is 0.120 e. The number of hydrogen-bond acceptors (Lipinski definition) is 2. The summed E-state index contributed by atoms with van der Waals surface area (Å²) < 4.78 is 5.76. The highest BCUT2D eigenvalue weighted by Gasteiger charge is 2.20. The van der Waals surface area contributed by atoms with Crippen molar-refractivity contribution in [3.05, 3.63) is 59.1 Å². The van der Waals surface area contributed by atoms with Gasteiger partial charge in [-0.1, -0.05) is 35.9 Å². The number of halogens is 1. The van der Waals surface area contributed by atoms with Crippen molar-refractivity contribution in [2.75, 3.05) is 11.9 Å². The predicted molar refractivity (Wildman–Crippen MR) is 74.5 cm³/mol. The van der Waals surface area contributed by atoms with Crippen LogP contribution in [0.4, 0.5) is 5.69 Å². The SMILES string of the molecule is Clc1cccc(OCC2Cc3ccccc3N2)c1. The van der Waals surface area contributed by atoms with Crippen molar-refractivity contribution >= 4 is 17.3 Å². The first-order chi connectivity index (χ1) is 8.81. The van der Waals surface area contributed by atoms with Gasteiger partial charge in [0.2, 0.25) is 0 Å². The lowest BCUT2D eigenvalue weighted by molar-refractivity contribution is 0.299. The highest BCUT2D eigenvalue weighted by Crippen LogP contribution is 2.26. The van der Waals surface area contributed by atoms with Crippen LogP contribution in [0.1, 0.15) is 5.56 Å². The molecule has 1 aliphatic rings. The van der Waals surface area contributed by atoms with Gasteiger partial charge in [-0.05, 0) is 36.2 Å². The van der Waals surface area contributed by atoms with E-state index >= 15 is 0 Å². The van der Waals surface area contributed by atoms with E-state index in [4.69, 9.17) is 16.3 Å². The fraction of sp³-hybridized carbons (Fsp3) is 0.200. The van der Waals surface area contributed by atoms with Crippen molar-refractivity contribution in [2.24, 2.45) is 0 Å². The second kappa shape index (κ2) is 4.91. The Kier molecular flexibility index (Phi) is 3.11. The zero-order chi connectivity index (χ0) is 12.4. The number of nitrogens with one attached hydrogen (secondary N) is 1. The number of anilines is 1. The molecule has 92 valence electrons. The van der Waals surface area contributed by atoms with Gasteiger partial charge in [-0.2, -0.15) is 0 Å². The Morgan fingerprint density at radius 1 is 1.17 bits per heavy atom. The van der Waals surface area contributed by atoms with Crippen LogP contribution in [-0.4, -0.2) is 12.6 Å². The summed E-state index contributed by atoms with van der Waals surface area (Å²) in [6.45, 7) is 0.648. The van der Waals surface area contributed by atoms with Crippen LogP contribution in [0.5, 0.6) is 5.75 Å². The van der Waals surface area contributed by atoms with Gasteiger partial charge in [-0.25, -0.2) is 0 Å². The fourth-order valence-electron chi connectivity index (χ4n) is 2.23. The summed E-state index contributed by atoms with van der Waals surface area (Å²) in [5.41, 5.74) is 2.58. The van der Waals surface area contributed by atoms with Crippen LogP contribution in [0.2, 0.25) is 5.02 Å². The number of benzene rings is 2. The van der Waals surface area contributed by atoms with E-state index < -0.39 is 0 Å². The van der Waals surface area contributed by atoms with Crippen LogP contribution in [0, 0.1) is 0 Å². The molecule has 0 saturated heterocycles. The van der Waals surface area contributed by atoms with E-state index in [-0.39, 0.29) is 0 Å². The summed E-state index contributed by atoms with van der Waals surface area (Å²) in [5, 5.41) is 4.17. The van der Waals surface area contributed by atoms with Gasteiger partial charge in [0.1, 0.15) is 12.4 Å². The summed E-state index contributed by atoms with van der Waals surface area (Å²) >= 11 is 5.92. The van der Waals surface area contributed by atoms with Gasteiger partial charge in [0.15, 0.2) is 0 Å². The Morgan fingerprint density at radius 2 is 2.06 bits per heavy atom. The maximum absolute atomic E-state index is 5.92. The third-order valence-corrected chi connectivity index (χ3v) is 3.33. The molecule has 0 saturated carbocycles. The Hall–Kier alpha value is -1.67. The van der Waals surface area contributed by atoms with E-state index in [2.05, 4.69) is 23.5 Å². The highest BCUT2D eigenvalue weighted by atomic mass is 35.5. The molecular weight excluding hydrogens is 246 g/mol. The first-order valence-corrected chi connectivity index (χ1v) is 6.42. The monoisotopic (exact) mass is 259 g/mol. The first kappa shape index (κ1) is 11.4. The minimum atomic E-state index is 0.335. The lowest BCUT2D eigenvalue weighted by Crippen LogP contribution is -2.24. The van der Waals surface area contributed by atoms with E-state index in [1.165, 1.54) is 11.3 Å². The minimum absolute atomic E-state index is 0.335. The summed E-state index contributed by atoms with van der Waals surface area (Å²) in [6.07, 6.45) is 1.01. The third-order valence-electron chi connectivity index (χ3n) is 3.09. The molecule has 1 N–H and O–H groups in total. The predicted octanol–water partition coefficient (Wildman–Crippen LogP) is 3.76. The van der Waals surface area contributed by atoms with Gasteiger partial charge in [0, 0.05) is 10.7 Å². The van der Waals surface area contributed by atoms with Crippen molar-refractivity contribution in [1.29, 1.82) is 0 Å². The largest absolute Gasteiger partial charge is 0.491 e. The van der Waals surface area contributed by atoms with Crippen molar-refractivity contribution in [2.45, 2.75) is 12.5 Å². The first-order valence-electron chi connectivity index (χ1n) is 6.04. The Balaban J connectivity index is 1.60. The van der Waals surface area contributed by atoms with Crippen molar-refractivity contribution < 1.29 is 4.74 Å². The molecule has 18 heavy (non-hydrogen) atoms. The van der Waals surface area contributed by atoms with Crippen molar-refractivity contribution in [3.8, 4) is 5.75 Å². The zero-order valence-electron chi connectivity index (χ0n) is 9.90. The Bertz CT molecular complexity index is 531. The Morgan fingerprint density at radius 3 is 2.89 bits per heavy atom. The molecule has 1 atom stereocenters. The average Bonchev–Trinajstić information content (AvgIpc) is 2.79. The standard InChI is InChI=1S/C15H14ClNO/c16-12-5-3-6-14(9-12)18-10-13-8-11-4-1-2-7-15(11)17-13/h1-7,9,13,17H,8,10H2. The molecule has 0 spiro atoms. The molecule has 2 aromatic rings. The average molecular weight is 260 g/mol. The molecule has 0 radical (unpaired) electrons. The molecule has 1 heterocycles. The summed E-state index contributed by atoms with van der Waals surface area (Å²) in [4.78, 5) is 0. The molecule has 3 heteroatoms. The molecule has 3 rings (SSSR count). The number of para-hydroxylation sites is 1. The van der Waals surface area contributed by atoms with E-state index in [1.807, 2.05) is 30.3 Å². The molecule has 0 aromatic heterocycles. The van der Waals surface area contributed by atoms with E-state index in [9.17, 15) is 0 Å². The van der Waals surface area contributed by atoms with Crippen molar-refractivity contribution in [3.63, 3.8) is 0 Å². The van der Waals surface area contributed by atoms with Gasteiger partial charge in [0.05, 0.1) is 6.04 Å². The quantitative estimate of drug-likeness (QED) is 0.906. The maximum Gasteiger partial charge on any atom is 0.120 e. The fourth-order valence-corrected chi connectivity index (χ4v) is 2.41. The Labute approximate surface area is 112 Å². The van der Waals surface area contributed by atoms with Gasteiger partial charge in [0.25, 0.3) is 0 Å². The number of fused-ring (bicyclic) bond motifs is 1. The topological polar surface area (TPSA) is 21.3 Å². The van der Waals surface area contributed by atoms with E-state index in [1.54, 1.807) is 0 Å². The maximum atomic E-state index is 5.92. The van der Waals surface area contributed by atoms with E-state index in [0.29, 0.717) is 17.7 Å². The molecule has 0 bridgehead atoms. The van der Waals surface area contributed by atoms with Gasteiger partial charge in [-0.15, -0.1) is 0 Å². The lowest BCUT2D eigenvalue weighted by atomic mass is 10.1. The number of ether oxygens (including phenoxy) is 1. The second-order valence-electron chi connectivity index (χ2n) is 4.47. The third kappa shape index (κ3) is 2.44. The molecule has 0 aliphatic carbocycles. The van der Waals surface area contributed by atoms with Crippen LogP contribution in [0.25, 0.3) is 0 Å². The van der Waals surface area contributed by atoms with Crippen molar-refractivity contribution in [1.82, 2.24) is 0 Å². The highest BCUT2D eigenvalue weighted by molar-refractivity contribution is 6.30. The van der Waals surface area contributed by atoms with Gasteiger partial charge < -0.3 is 10.1 Å². The number of rotatable bonds is 3. The van der Waals surface area contributed by atoms with Crippen LogP contribution in [-0.2, 0) is 6.42 Å². The molecule has 0 amide bonds. The molecule has 2 aromatic carbocycles. The van der Waals surface area contributed by atoms with Gasteiger partial charge >= 0.3 is 0 Å². The molecular formula is C15H14ClNO.